The molecule has 0 bridgehead atoms. The van der Waals surface area contributed by atoms with E-state index in [2.05, 4.69) is 11.8 Å². The molecular formula is C13H25N3O. The number of carbonyl (C=O) groups excluding carboxylic acids is 1. The average Bonchev–Trinajstić information content (AvgIpc) is 2.27. The van der Waals surface area contributed by atoms with Gasteiger partial charge in [-0.25, -0.2) is 0 Å². The van der Waals surface area contributed by atoms with E-state index >= 15 is 0 Å². The van der Waals surface area contributed by atoms with E-state index in [0.717, 1.165) is 19.0 Å². The molecule has 1 amide bonds. The summed E-state index contributed by atoms with van der Waals surface area (Å²) in [5.41, 5.74) is 5.71. The van der Waals surface area contributed by atoms with Gasteiger partial charge in [0.2, 0.25) is 5.91 Å². The van der Waals surface area contributed by atoms with Gasteiger partial charge in [0.05, 0.1) is 6.54 Å². The monoisotopic (exact) mass is 239 g/mol. The number of nitrogens with zero attached hydrogens (tertiary/aromatic N) is 2. The number of hydrogen-bond donors (Lipinski definition) is 1. The van der Waals surface area contributed by atoms with E-state index in [-0.39, 0.29) is 11.9 Å². The molecule has 2 rings (SSSR count). The standard InChI is InChI=1S/C13H25N3O/c1-10-3-5-12(6-4-10)15(2)13(17)9-16-7-11(14)8-16/h10-12H,3-9,14H2,1-2H3. The van der Waals surface area contributed by atoms with E-state index in [1.165, 1.54) is 25.7 Å². The van der Waals surface area contributed by atoms with Crippen molar-refractivity contribution in [1.29, 1.82) is 0 Å². The molecule has 1 aliphatic heterocycles. The summed E-state index contributed by atoms with van der Waals surface area (Å²) in [5, 5.41) is 0. The number of rotatable bonds is 3. The average molecular weight is 239 g/mol. The van der Waals surface area contributed by atoms with E-state index in [1.807, 2.05) is 11.9 Å². The van der Waals surface area contributed by atoms with E-state index in [9.17, 15) is 4.79 Å². The Labute approximate surface area is 104 Å². The summed E-state index contributed by atoms with van der Waals surface area (Å²) >= 11 is 0. The lowest BCUT2D eigenvalue weighted by Gasteiger charge is -2.39. The Kier molecular flexibility index (Phi) is 4.05. The molecule has 1 heterocycles. The van der Waals surface area contributed by atoms with Crippen molar-refractivity contribution in [3.8, 4) is 0 Å². The minimum absolute atomic E-state index is 0.261. The molecule has 1 saturated carbocycles. The molecule has 0 aromatic carbocycles. The van der Waals surface area contributed by atoms with Crippen molar-refractivity contribution in [2.75, 3.05) is 26.7 Å². The fraction of sp³-hybridized carbons (Fsp3) is 0.923. The Morgan fingerprint density at radius 2 is 1.88 bits per heavy atom. The number of hydrogen-bond acceptors (Lipinski definition) is 3. The van der Waals surface area contributed by atoms with Crippen LogP contribution < -0.4 is 5.73 Å². The van der Waals surface area contributed by atoms with Gasteiger partial charge in [-0.05, 0) is 31.6 Å². The Morgan fingerprint density at radius 1 is 1.29 bits per heavy atom. The van der Waals surface area contributed by atoms with E-state index in [1.54, 1.807) is 0 Å². The van der Waals surface area contributed by atoms with Gasteiger partial charge in [-0.15, -0.1) is 0 Å². The number of likely N-dealkylation sites (tertiary alicyclic amines) is 1. The second kappa shape index (κ2) is 5.36. The van der Waals surface area contributed by atoms with Crippen LogP contribution in [0.5, 0.6) is 0 Å². The van der Waals surface area contributed by atoms with E-state index < -0.39 is 0 Å². The van der Waals surface area contributed by atoms with Crippen molar-refractivity contribution in [2.45, 2.75) is 44.7 Å². The van der Waals surface area contributed by atoms with Crippen molar-refractivity contribution in [3.05, 3.63) is 0 Å². The topological polar surface area (TPSA) is 49.6 Å². The predicted molar refractivity (Wildman–Crippen MR) is 68.6 cm³/mol. The van der Waals surface area contributed by atoms with Gasteiger partial charge in [-0.2, -0.15) is 0 Å². The van der Waals surface area contributed by atoms with E-state index in [4.69, 9.17) is 5.73 Å². The smallest absolute Gasteiger partial charge is 0.236 e. The number of likely N-dealkylation sites (N-methyl/N-ethyl adjacent to an activating group) is 1. The zero-order valence-electron chi connectivity index (χ0n) is 11.1. The van der Waals surface area contributed by atoms with Gasteiger partial charge in [-0.1, -0.05) is 6.92 Å². The molecule has 0 unspecified atom stereocenters. The Morgan fingerprint density at radius 3 is 2.41 bits per heavy atom. The predicted octanol–water partition coefficient (Wildman–Crippen LogP) is 0.666. The van der Waals surface area contributed by atoms with Crippen LogP contribution in [0.15, 0.2) is 0 Å². The first-order valence-electron chi connectivity index (χ1n) is 6.80. The first kappa shape index (κ1) is 12.8. The minimum Gasteiger partial charge on any atom is -0.342 e. The van der Waals surface area contributed by atoms with E-state index in [0.29, 0.717) is 12.6 Å². The molecule has 0 aromatic heterocycles. The highest BCUT2D eigenvalue weighted by Crippen LogP contribution is 2.26. The van der Waals surface area contributed by atoms with Gasteiger partial charge >= 0.3 is 0 Å². The summed E-state index contributed by atoms with van der Waals surface area (Å²) in [7, 11) is 1.96. The first-order chi connectivity index (χ1) is 8.06. The van der Waals surface area contributed by atoms with Crippen LogP contribution >= 0.6 is 0 Å². The lowest BCUT2D eigenvalue weighted by Crippen LogP contribution is -2.58. The zero-order valence-corrected chi connectivity index (χ0v) is 11.1. The summed E-state index contributed by atoms with van der Waals surface area (Å²) < 4.78 is 0. The second-order valence-corrected chi connectivity index (χ2v) is 5.87. The fourth-order valence-corrected chi connectivity index (χ4v) is 2.88. The summed E-state index contributed by atoms with van der Waals surface area (Å²) in [6.07, 6.45) is 4.86. The third-order valence-electron chi connectivity index (χ3n) is 4.27. The molecule has 0 radical (unpaired) electrons. The van der Waals surface area contributed by atoms with Crippen molar-refractivity contribution in [3.63, 3.8) is 0 Å². The summed E-state index contributed by atoms with van der Waals surface area (Å²) in [4.78, 5) is 16.2. The molecule has 2 fully saturated rings. The molecular weight excluding hydrogens is 214 g/mol. The van der Waals surface area contributed by atoms with Crippen molar-refractivity contribution >= 4 is 5.91 Å². The van der Waals surface area contributed by atoms with Crippen LogP contribution in [0.2, 0.25) is 0 Å². The van der Waals surface area contributed by atoms with Crippen LogP contribution in [0.25, 0.3) is 0 Å². The number of nitrogens with two attached hydrogens (primary N) is 1. The second-order valence-electron chi connectivity index (χ2n) is 5.87. The molecule has 4 heteroatoms. The Balaban J connectivity index is 1.74. The summed E-state index contributed by atoms with van der Waals surface area (Å²) in [5.74, 6) is 1.10. The molecule has 1 saturated heterocycles. The highest BCUT2D eigenvalue weighted by atomic mass is 16.2. The molecule has 98 valence electrons. The maximum atomic E-state index is 12.1. The molecule has 1 aliphatic carbocycles. The molecule has 17 heavy (non-hydrogen) atoms. The van der Waals surface area contributed by atoms with Gasteiger partial charge < -0.3 is 10.6 Å². The molecule has 0 aromatic rings. The maximum absolute atomic E-state index is 12.1. The lowest BCUT2D eigenvalue weighted by atomic mass is 9.87. The zero-order chi connectivity index (χ0) is 12.4. The van der Waals surface area contributed by atoms with Crippen LogP contribution in [-0.4, -0.2) is 54.5 Å². The van der Waals surface area contributed by atoms with Crippen LogP contribution in [0.1, 0.15) is 32.6 Å². The highest BCUT2D eigenvalue weighted by Gasteiger charge is 2.29. The van der Waals surface area contributed by atoms with Crippen LogP contribution in [-0.2, 0) is 4.79 Å². The molecule has 0 spiro atoms. The third kappa shape index (κ3) is 3.19. The Hall–Kier alpha value is -0.610. The quantitative estimate of drug-likeness (QED) is 0.787. The molecule has 4 nitrogen and oxygen atoms in total. The largest absolute Gasteiger partial charge is 0.342 e. The van der Waals surface area contributed by atoms with Gasteiger partial charge in [0.25, 0.3) is 0 Å². The normalized spacial score (nSPS) is 31.0. The van der Waals surface area contributed by atoms with Gasteiger partial charge in [-0.3, -0.25) is 9.69 Å². The van der Waals surface area contributed by atoms with Crippen molar-refractivity contribution < 1.29 is 4.79 Å². The first-order valence-corrected chi connectivity index (χ1v) is 6.80. The van der Waals surface area contributed by atoms with Crippen LogP contribution in [0.3, 0.4) is 0 Å². The van der Waals surface area contributed by atoms with Crippen LogP contribution in [0.4, 0.5) is 0 Å². The van der Waals surface area contributed by atoms with Crippen molar-refractivity contribution in [1.82, 2.24) is 9.80 Å². The Bertz CT molecular complexity index is 268. The third-order valence-corrected chi connectivity index (χ3v) is 4.27. The molecule has 0 atom stereocenters. The number of carbonyl (C=O) groups is 1. The lowest BCUT2D eigenvalue weighted by molar-refractivity contribution is -0.135. The fourth-order valence-electron chi connectivity index (χ4n) is 2.88. The van der Waals surface area contributed by atoms with Gasteiger partial charge in [0.1, 0.15) is 0 Å². The van der Waals surface area contributed by atoms with Gasteiger partial charge in [0, 0.05) is 32.2 Å². The van der Waals surface area contributed by atoms with Crippen LogP contribution in [0, 0.1) is 5.92 Å². The van der Waals surface area contributed by atoms with Gasteiger partial charge in [0.15, 0.2) is 0 Å². The minimum atomic E-state index is 0.261. The summed E-state index contributed by atoms with van der Waals surface area (Å²) in [6.45, 7) is 4.61. The van der Waals surface area contributed by atoms with Crippen molar-refractivity contribution in [2.24, 2.45) is 11.7 Å². The summed E-state index contributed by atoms with van der Waals surface area (Å²) in [6, 6.07) is 0.747. The SMILES string of the molecule is CC1CCC(N(C)C(=O)CN2CC(N)C2)CC1. The molecule has 2 aliphatic rings. The highest BCUT2D eigenvalue weighted by molar-refractivity contribution is 5.78. The maximum Gasteiger partial charge on any atom is 0.236 e. The molecule has 2 N–H and O–H groups in total. The number of amides is 1.